The SMILES string of the molecule is CCc1ccc(NC(=O)C2CC2C(=O)NCC2CCCO2)cc1. The van der Waals surface area contributed by atoms with Gasteiger partial charge in [0.1, 0.15) is 0 Å². The van der Waals surface area contributed by atoms with E-state index in [1.54, 1.807) is 0 Å². The Hall–Kier alpha value is -1.88. The molecule has 1 heterocycles. The van der Waals surface area contributed by atoms with Crippen LogP contribution in [0.25, 0.3) is 0 Å². The van der Waals surface area contributed by atoms with E-state index in [9.17, 15) is 9.59 Å². The van der Waals surface area contributed by atoms with Gasteiger partial charge in [-0.3, -0.25) is 9.59 Å². The molecule has 0 spiro atoms. The highest BCUT2D eigenvalue weighted by molar-refractivity contribution is 5.99. The smallest absolute Gasteiger partial charge is 0.228 e. The molecule has 0 radical (unpaired) electrons. The fraction of sp³-hybridized carbons (Fsp3) is 0.556. The molecule has 1 saturated carbocycles. The van der Waals surface area contributed by atoms with Crippen LogP contribution < -0.4 is 10.6 Å². The minimum atomic E-state index is -0.203. The maximum atomic E-state index is 12.2. The first-order chi connectivity index (χ1) is 11.2. The Morgan fingerprint density at radius 3 is 2.57 bits per heavy atom. The van der Waals surface area contributed by atoms with Crippen LogP contribution in [0.5, 0.6) is 0 Å². The number of nitrogens with one attached hydrogen (secondary N) is 2. The van der Waals surface area contributed by atoms with E-state index in [-0.39, 0.29) is 29.8 Å². The number of carbonyl (C=O) groups is 2. The summed E-state index contributed by atoms with van der Waals surface area (Å²) in [6, 6.07) is 7.83. The van der Waals surface area contributed by atoms with Crippen molar-refractivity contribution in [2.75, 3.05) is 18.5 Å². The van der Waals surface area contributed by atoms with Crippen LogP contribution in [0.15, 0.2) is 24.3 Å². The van der Waals surface area contributed by atoms with Crippen molar-refractivity contribution in [2.45, 2.75) is 38.7 Å². The van der Waals surface area contributed by atoms with Crippen molar-refractivity contribution in [3.8, 4) is 0 Å². The van der Waals surface area contributed by atoms with Crippen molar-refractivity contribution in [1.82, 2.24) is 5.32 Å². The zero-order valence-corrected chi connectivity index (χ0v) is 13.5. The van der Waals surface area contributed by atoms with Gasteiger partial charge in [-0.1, -0.05) is 19.1 Å². The van der Waals surface area contributed by atoms with Crippen LogP contribution in [0.3, 0.4) is 0 Å². The molecule has 0 bridgehead atoms. The van der Waals surface area contributed by atoms with Crippen molar-refractivity contribution in [1.29, 1.82) is 0 Å². The maximum Gasteiger partial charge on any atom is 0.228 e. The third-order valence-electron chi connectivity index (χ3n) is 4.62. The van der Waals surface area contributed by atoms with Gasteiger partial charge in [0.25, 0.3) is 0 Å². The van der Waals surface area contributed by atoms with E-state index in [0.717, 1.165) is 31.6 Å². The van der Waals surface area contributed by atoms with Gasteiger partial charge < -0.3 is 15.4 Å². The minimum absolute atomic E-state index is 0.0259. The Bertz CT molecular complexity index is 564. The van der Waals surface area contributed by atoms with Gasteiger partial charge in [0, 0.05) is 18.8 Å². The zero-order valence-electron chi connectivity index (χ0n) is 13.5. The third kappa shape index (κ3) is 4.10. The number of anilines is 1. The lowest BCUT2D eigenvalue weighted by Crippen LogP contribution is -2.33. The van der Waals surface area contributed by atoms with E-state index >= 15 is 0 Å². The zero-order chi connectivity index (χ0) is 16.2. The van der Waals surface area contributed by atoms with Crippen LogP contribution in [0, 0.1) is 11.8 Å². The van der Waals surface area contributed by atoms with Gasteiger partial charge in [0.05, 0.1) is 17.9 Å². The van der Waals surface area contributed by atoms with Crippen molar-refractivity contribution in [3.05, 3.63) is 29.8 Å². The predicted octanol–water partition coefficient (Wildman–Crippen LogP) is 2.12. The fourth-order valence-electron chi connectivity index (χ4n) is 2.98. The number of hydrogen-bond donors (Lipinski definition) is 2. The Morgan fingerprint density at radius 1 is 1.17 bits per heavy atom. The highest BCUT2D eigenvalue weighted by Crippen LogP contribution is 2.39. The van der Waals surface area contributed by atoms with Crippen molar-refractivity contribution in [2.24, 2.45) is 11.8 Å². The molecule has 1 saturated heterocycles. The van der Waals surface area contributed by atoms with Crippen LogP contribution >= 0.6 is 0 Å². The van der Waals surface area contributed by atoms with Gasteiger partial charge in [-0.15, -0.1) is 0 Å². The third-order valence-corrected chi connectivity index (χ3v) is 4.62. The molecule has 0 aromatic heterocycles. The Morgan fingerprint density at radius 2 is 1.91 bits per heavy atom. The molecule has 5 heteroatoms. The monoisotopic (exact) mass is 316 g/mol. The number of rotatable bonds is 6. The normalized spacial score (nSPS) is 25.9. The molecular formula is C18H24N2O3. The standard InChI is InChI=1S/C18H24N2O3/c1-2-12-5-7-13(8-6-12)20-18(22)16-10-15(16)17(21)19-11-14-4-3-9-23-14/h5-8,14-16H,2-4,9-11H2,1H3,(H,19,21)(H,20,22). The summed E-state index contributed by atoms with van der Waals surface area (Å²) < 4.78 is 5.48. The summed E-state index contributed by atoms with van der Waals surface area (Å²) in [7, 11) is 0. The molecule has 3 atom stereocenters. The first kappa shape index (κ1) is 16.0. The predicted molar refractivity (Wildman–Crippen MR) is 88.0 cm³/mol. The quantitative estimate of drug-likeness (QED) is 0.845. The van der Waals surface area contributed by atoms with E-state index in [1.165, 1.54) is 5.56 Å². The average molecular weight is 316 g/mol. The second-order valence-corrected chi connectivity index (χ2v) is 6.37. The first-order valence-corrected chi connectivity index (χ1v) is 8.46. The van der Waals surface area contributed by atoms with Gasteiger partial charge in [-0.25, -0.2) is 0 Å². The second-order valence-electron chi connectivity index (χ2n) is 6.37. The molecular weight excluding hydrogens is 292 g/mol. The van der Waals surface area contributed by atoms with Gasteiger partial charge in [-0.2, -0.15) is 0 Å². The van der Waals surface area contributed by atoms with Crippen LogP contribution in [0.4, 0.5) is 5.69 Å². The fourth-order valence-corrected chi connectivity index (χ4v) is 2.98. The highest BCUT2D eigenvalue weighted by atomic mass is 16.5. The Labute approximate surface area is 136 Å². The van der Waals surface area contributed by atoms with E-state index in [1.807, 2.05) is 24.3 Å². The van der Waals surface area contributed by atoms with Gasteiger partial charge in [0.15, 0.2) is 0 Å². The van der Waals surface area contributed by atoms with Crippen molar-refractivity contribution >= 4 is 17.5 Å². The molecule has 5 nitrogen and oxygen atoms in total. The number of carbonyl (C=O) groups excluding carboxylic acids is 2. The lowest BCUT2D eigenvalue weighted by atomic mass is 10.1. The van der Waals surface area contributed by atoms with Crippen molar-refractivity contribution in [3.63, 3.8) is 0 Å². The van der Waals surface area contributed by atoms with E-state index in [0.29, 0.717) is 13.0 Å². The van der Waals surface area contributed by atoms with Gasteiger partial charge >= 0.3 is 0 Å². The molecule has 3 rings (SSSR count). The molecule has 3 unspecified atom stereocenters. The van der Waals surface area contributed by atoms with E-state index < -0.39 is 0 Å². The summed E-state index contributed by atoms with van der Waals surface area (Å²) in [4.78, 5) is 24.3. The van der Waals surface area contributed by atoms with Crippen molar-refractivity contribution < 1.29 is 14.3 Å². The Balaban J connectivity index is 1.43. The molecule has 1 aromatic rings. The molecule has 1 aliphatic heterocycles. The molecule has 23 heavy (non-hydrogen) atoms. The minimum Gasteiger partial charge on any atom is -0.376 e. The molecule has 2 fully saturated rings. The topological polar surface area (TPSA) is 67.4 Å². The summed E-state index contributed by atoms with van der Waals surface area (Å²) in [6.45, 7) is 3.44. The molecule has 2 aliphatic rings. The summed E-state index contributed by atoms with van der Waals surface area (Å²) >= 11 is 0. The highest BCUT2D eigenvalue weighted by Gasteiger charge is 2.48. The molecule has 2 amide bonds. The summed E-state index contributed by atoms with van der Waals surface area (Å²) in [5.41, 5.74) is 2.03. The summed E-state index contributed by atoms with van der Waals surface area (Å²) in [5.74, 6) is -0.481. The number of ether oxygens (including phenoxy) is 1. The lowest BCUT2D eigenvalue weighted by Gasteiger charge is -2.10. The number of benzene rings is 1. The lowest BCUT2D eigenvalue weighted by molar-refractivity contribution is -0.125. The van der Waals surface area contributed by atoms with Crippen LogP contribution in [0.2, 0.25) is 0 Å². The van der Waals surface area contributed by atoms with E-state index in [2.05, 4.69) is 17.6 Å². The largest absolute Gasteiger partial charge is 0.376 e. The van der Waals surface area contributed by atoms with E-state index in [4.69, 9.17) is 4.74 Å². The molecule has 1 aromatic carbocycles. The van der Waals surface area contributed by atoms with Gasteiger partial charge in [-0.05, 0) is 43.4 Å². The number of amides is 2. The van der Waals surface area contributed by atoms with Crippen LogP contribution in [-0.4, -0.2) is 31.1 Å². The summed E-state index contributed by atoms with van der Waals surface area (Å²) in [6.07, 6.45) is 3.82. The summed E-state index contributed by atoms with van der Waals surface area (Å²) in [5, 5.41) is 5.80. The van der Waals surface area contributed by atoms with Gasteiger partial charge in [0.2, 0.25) is 11.8 Å². The second kappa shape index (κ2) is 7.13. The van der Waals surface area contributed by atoms with Crippen LogP contribution in [0.1, 0.15) is 31.7 Å². The molecule has 2 N–H and O–H groups in total. The Kier molecular flexibility index (Phi) is 4.96. The first-order valence-electron chi connectivity index (χ1n) is 8.46. The molecule has 1 aliphatic carbocycles. The average Bonchev–Trinajstić information content (AvgIpc) is 3.21. The maximum absolute atomic E-state index is 12.2. The van der Waals surface area contributed by atoms with Crippen LogP contribution in [-0.2, 0) is 20.7 Å². The molecule has 124 valence electrons. The number of aryl methyl sites for hydroxylation is 1. The number of hydrogen-bond acceptors (Lipinski definition) is 3.